The third kappa shape index (κ3) is 2.09. The summed E-state index contributed by atoms with van der Waals surface area (Å²) in [7, 11) is 0. The standard InChI is InChI=1S/C10H9N3O4S/c1-3-17-5(2)8-11-9(14)6-4-7(13(15)16)18-10(6)12-8/h4H,2-3H2,1H3,(H,11,12,14). The fourth-order valence-corrected chi connectivity index (χ4v) is 2.23. The van der Waals surface area contributed by atoms with Gasteiger partial charge in [-0.1, -0.05) is 6.58 Å². The van der Waals surface area contributed by atoms with Crippen LogP contribution in [0, 0.1) is 10.1 Å². The van der Waals surface area contributed by atoms with Gasteiger partial charge in [0.2, 0.25) is 0 Å². The van der Waals surface area contributed by atoms with Crippen LogP contribution in [0.4, 0.5) is 5.00 Å². The molecule has 0 unspecified atom stereocenters. The van der Waals surface area contributed by atoms with Crippen LogP contribution in [0.15, 0.2) is 17.4 Å². The molecule has 2 aromatic heterocycles. The number of aromatic amines is 1. The van der Waals surface area contributed by atoms with Crippen LogP contribution in [0.1, 0.15) is 12.7 Å². The first-order valence-electron chi connectivity index (χ1n) is 5.03. The van der Waals surface area contributed by atoms with Crippen LogP contribution >= 0.6 is 11.3 Å². The highest BCUT2D eigenvalue weighted by Crippen LogP contribution is 2.28. The number of fused-ring (bicyclic) bond motifs is 1. The molecule has 0 aromatic carbocycles. The topological polar surface area (TPSA) is 98.1 Å². The van der Waals surface area contributed by atoms with Gasteiger partial charge in [0.05, 0.1) is 16.9 Å². The first-order valence-corrected chi connectivity index (χ1v) is 5.85. The molecule has 94 valence electrons. The molecule has 7 nitrogen and oxygen atoms in total. The lowest BCUT2D eigenvalue weighted by Crippen LogP contribution is -2.10. The van der Waals surface area contributed by atoms with E-state index in [0.29, 0.717) is 11.4 Å². The Morgan fingerprint density at radius 3 is 3.06 bits per heavy atom. The zero-order chi connectivity index (χ0) is 13.3. The van der Waals surface area contributed by atoms with Crippen LogP contribution in [-0.4, -0.2) is 21.5 Å². The first kappa shape index (κ1) is 12.2. The van der Waals surface area contributed by atoms with Gasteiger partial charge in [0, 0.05) is 6.07 Å². The minimum Gasteiger partial charge on any atom is -0.491 e. The van der Waals surface area contributed by atoms with Crippen LogP contribution in [-0.2, 0) is 4.74 Å². The zero-order valence-corrected chi connectivity index (χ0v) is 10.2. The third-order valence-electron chi connectivity index (χ3n) is 2.15. The Labute approximate surface area is 105 Å². The van der Waals surface area contributed by atoms with Crippen molar-refractivity contribution in [2.75, 3.05) is 6.61 Å². The number of hydrogen-bond donors (Lipinski definition) is 1. The van der Waals surface area contributed by atoms with E-state index in [1.807, 2.05) is 0 Å². The van der Waals surface area contributed by atoms with E-state index in [1.165, 1.54) is 6.07 Å². The number of ether oxygens (including phenoxy) is 1. The van der Waals surface area contributed by atoms with E-state index in [1.54, 1.807) is 6.92 Å². The highest BCUT2D eigenvalue weighted by Gasteiger charge is 2.16. The highest BCUT2D eigenvalue weighted by molar-refractivity contribution is 7.21. The maximum atomic E-state index is 11.7. The lowest BCUT2D eigenvalue weighted by molar-refractivity contribution is -0.380. The molecule has 2 aromatic rings. The van der Waals surface area contributed by atoms with Crippen LogP contribution in [0.2, 0.25) is 0 Å². The molecular formula is C10H9N3O4S. The second kappa shape index (κ2) is 4.57. The normalized spacial score (nSPS) is 10.5. The molecule has 0 aliphatic carbocycles. The van der Waals surface area contributed by atoms with Gasteiger partial charge in [-0.3, -0.25) is 14.9 Å². The van der Waals surface area contributed by atoms with Crippen molar-refractivity contribution in [3.8, 4) is 0 Å². The van der Waals surface area contributed by atoms with E-state index < -0.39 is 10.5 Å². The molecule has 0 amide bonds. The first-order chi connectivity index (χ1) is 8.52. The lowest BCUT2D eigenvalue weighted by atomic mass is 10.4. The monoisotopic (exact) mass is 267 g/mol. The summed E-state index contributed by atoms with van der Waals surface area (Å²) in [5, 5.41) is 10.7. The zero-order valence-electron chi connectivity index (χ0n) is 9.43. The minimum atomic E-state index is -0.553. The van der Waals surface area contributed by atoms with E-state index in [9.17, 15) is 14.9 Å². The molecule has 1 N–H and O–H groups in total. The average molecular weight is 267 g/mol. The van der Waals surface area contributed by atoms with Crippen LogP contribution in [0.5, 0.6) is 0 Å². The van der Waals surface area contributed by atoms with E-state index in [2.05, 4.69) is 16.5 Å². The highest BCUT2D eigenvalue weighted by atomic mass is 32.1. The molecule has 2 rings (SSSR count). The van der Waals surface area contributed by atoms with E-state index in [-0.39, 0.29) is 22.0 Å². The van der Waals surface area contributed by atoms with Gasteiger partial charge < -0.3 is 9.72 Å². The Hall–Kier alpha value is -2.22. The molecule has 8 heteroatoms. The molecule has 2 heterocycles. The summed E-state index contributed by atoms with van der Waals surface area (Å²) < 4.78 is 5.13. The summed E-state index contributed by atoms with van der Waals surface area (Å²) in [6, 6.07) is 1.21. The molecule has 0 fully saturated rings. The molecule has 0 radical (unpaired) electrons. The summed E-state index contributed by atoms with van der Waals surface area (Å²) >= 11 is 0.842. The molecule has 18 heavy (non-hydrogen) atoms. The quantitative estimate of drug-likeness (QED) is 0.518. The van der Waals surface area contributed by atoms with Gasteiger partial charge in [0.15, 0.2) is 11.6 Å². The molecule has 0 atom stereocenters. The van der Waals surface area contributed by atoms with E-state index >= 15 is 0 Å². The van der Waals surface area contributed by atoms with Gasteiger partial charge in [-0.05, 0) is 18.3 Å². The summed E-state index contributed by atoms with van der Waals surface area (Å²) in [6.45, 7) is 5.79. The van der Waals surface area contributed by atoms with E-state index in [0.717, 1.165) is 11.3 Å². The third-order valence-corrected chi connectivity index (χ3v) is 3.13. The lowest BCUT2D eigenvalue weighted by Gasteiger charge is -2.04. The predicted molar refractivity (Wildman–Crippen MR) is 67.6 cm³/mol. The molecule has 0 saturated heterocycles. The van der Waals surface area contributed by atoms with Crippen molar-refractivity contribution in [1.82, 2.24) is 9.97 Å². The minimum absolute atomic E-state index is 0.123. The fourth-order valence-electron chi connectivity index (χ4n) is 1.38. The van der Waals surface area contributed by atoms with Gasteiger partial charge >= 0.3 is 5.00 Å². The van der Waals surface area contributed by atoms with Gasteiger partial charge in [-0.25, -0.2) is 4.98 Å². The summed E-state index contributed by atoms with van der Waals surface area (Å²) in [5.41, 5.74) is -0.444. The van der Waals surface area contributed by atoms with Crippen molar-refractivity contribution in [2.45, 2.75) is 6.92 Å². The van der Waals surface area contributed by atoms with Crippen LogP contribution in [0.3, 0.4) is 0 Å². The number of thiophene rings is 1. The maximum absolute atomic E-state index is 11.7. The Kier molecular flexibility index (Phi) is 3.11. The van der Waals surface area contributed by atoms with Crippen molar-refractivity contribution in [3.63, 3.8) is 0 Å². The predicted octanol–water partition coefficient (Wildman–Crippen LogP) is 1.90. The summed E-state index contributed by atoms with van der Waals surface area (Å²) in [5.74, 6) is 0.415. The maximum Gasteiger partial charge on any atom is 0.326 e. The summed E-state index contributed by atoms with van der Waals surface area (Å²) in [6.07, 6.45) is 0. The number of rotatable bonds is 4. The van der Waals surface area contributed by atoms with Crippen molar-refractivity contribution in [1.29, 1.82) is 0 Å². The van der Waals surface area contributed by atoms with Crippen molar-refractivity contribution in [2.24, 2.45) is 0 Å². The fraction of sp³-hybridized carbons (Fsp3) is 0.200. The number of H-pyrrole nitrogens is 1. The molecule has 0 aliphatic rings. The van der Waals surface area contributed by atoms with Gasteiger partial charge in [0.25, 0.3) is 5.56 Å². The molecule has 0 bridgehead atoms. The largest absolute Gasteiger partial charge is 0.491 e. The molecule has 0 saturated carbocycles. The second-order valence-electron chi connectivity index (χ2n) is 3.33. The van der Waals surface area contributed by atoms with Crippen molar-refractivity contribution < 1.29 is 9.66 Å². The van der Waals surface area contributed by atoms with Crippen LogP contribution in [0.25, 0.3) is 16.0 Å². The van der Waals surface area contributed by atoms with Gasteiger partial charge in [-0.2, -0.15) is 0 Å². The Morgan fingerprint density at radius 2 is 2.44 bits per heavy atom. The molecule has 0 aliphatic heterocycles. The number of aromatic nitrogens is 2. The Morgan fingerprint density at radius 1 is 1.72 bits per heavy atom. The van der Waals surface area contributed by atoms with E-state index in [4.69, 9.17) is 4.74 Å². The van der Waals surface area contributed by atoms with Gasteiger partial charge in [-0.15, -0.1) is 0 Å². The number of nitrogens with zero attached hydrogens (tertiary/aromatic N) is 2. The molecular weight excluding hydrogens is 258 g/mol. The van der Waals surface area contributed by atoms with Crippen molar-refractivity contribution >= 4 is 32.3 Å². The van der Waals surface area contributed by atoms with Gasteiger partial charge in [0.1, 0.15) is 4.83 Å². The van der Waals surface area contributed by atoms with Crippen molar-refractivity contribution in [3.05, 3.63) is 38.9 Å². The Balaban J connectivity index is 2.58. The number of nitrogens with one attached hydrogen (secondary N) is 1. The SMILES string of the molecule is C=C(OCC)c1nc2sc([N+](=O)[O-])cc2c(=O)[nH]1. The smallest absolute Gasteiger partial charge is 0.326 e. The Bertz CT molecular complexity index is 688. The second-order valence-corrected chi connectivity index (χ2v) is 4.34. The summed E-state index contributed by atoms with van der Waals surface area (Å²) in [4.78, 5) is 28.7. The molecule has 0 spiro atoms. The number of nitro groups is 1. The average Bonchev–Trinajstić information content (AvgIpc) is 2.73. The number of hydrogen-bond acceptors (Lipinski definition) is 6. The van der Waals surface area contributed by atoms with Crippen LogP contribution < -0.4 is 5.56 Å².